The minimum atomic E-state index is -0.540. The third kappa shape index (κ3) is 4.08. The Kier molecular flexibility index (Phi) is 6.50. The van der Waals surface area contributed by atoms with Crippen LogP contribution in [0.3, 0.4) is 0 Å². The lowest BCUT2D eigenvalue weighted by molar-refractivity contribution is 0.803. The minimum absolute atomic E-state index is 0.388. The molecule has 252 valence electrons. The van der Waals surface area contributed by atoms with Crippen LogP contribution >= 0.6 is 0 Å². The van der Waals surface area contributed by atoms with Crippen molar-refractivity contribution in [3.8, 4) is 33.4 Å². The predicted molar refractivity (Wildman–Crippen MR) is 226 cm³/mol. The zero-order valence-electron chi connectivity index (χ0n) is 29.5. The maximum Gasteiger partial charge on any atom is 0.0732 e. The lowest BCUT2D eigenvalue weighted by atomic mass is 9.68. The molecule has 0 aliphatic heterocycles. The van der Waals surface area contributed by atoms with Gasteiger partial charge in [0.1, 0.15) is 0 Å². The van der Waals surface area contributed by atoms with Crippen LogP contribution in [0.4, 0.5) is 0 Å². The van der Waals surface area contributed by atoms with Crippen LogP contribution in [0, 0.1) is 5.41 Å². The summed E-state index contributed by atoms with van der Waals surface area (Å²) in [5, 5.41) is 16.3. The second-order valence-corrected chi connectivity index (χ2v) is 14.5. The van der Waals surface area contributed by atoms with E-state index in [1.807, 2.05) is 36.4 Å². The number of benzene rings is 9. The molecular weight excluding hydrogens is 653 g/mol. The Balaban J connectivity index is 1.26. The summed E-state index contributed by atoms with van der Waals surface area (Å²) < 4.78 is 0. The highest BCUT2D eigenvalue weighted by atomic mass is 14.6. The molecule has 0 saturated carbocycles. The van der Waals surface area contributed by atoms with E-state index >= 15 is 0 Å². The molecule has 0 fully saturated rings. The summed E-state index contributed by atoms with van der Waals surface area (Å²) in [5.41, 5.74) is 21.7. The third-order valence-corrected chi connectivity index (χ3v) is 11.9. The van der Waals surface area contributed by atoms with Gasteiger partial charge in [-0.15, -0.1) is 0 Å². The SMILES string of the molecule is N=C(/C=C(\N)c1cccc(-c2cc3c(c4ccccc24)-c2c(c4ccccc4c4ccccc24)C32c3ccccc3-c3ccccc32)c1)c1ccccc1. The Morgan fingerprint density at radius 3 is 1.63 bits per heavy atom. The van der Waals surface area contributed by atoms with E-state index in [9.17, 15) is 0 Å². The number of nitrogens with one attached hydrogen (secondary N) is 1. The molecule has 11 rings (SSSR count). The Hall–Kier alpha value is -7.03. The van der Waals surface area contributed by atoms with E-state index in [0.717, 1.165) is 16.7 Å². The second-order valence-electron chi connectivity index (χ2n) is 14.5. The minimum Gasteiger partial charge on any atom is -0.398 e. The topological polar surface area (TPSA) is 49.9 Å². The largest absolute Gasteiger partial charge is 0.398 e. The van der Waals surface area contributed by atoms with Crippen molar-refractivity contribution in [2.75, 3.05) is 0 Å². The van der Waals surface area contributed by atoms with Gasteiger partial charge in [-0.2, -0.15) is 0 Å². The first-order valence-corrected chi connectivity index (χ1v) is 18.6. The number of hydrogen-bond acceptors (Lipinski definition) is 2. The monoisotopic (exact) mass is 686 g/mol. The van der Waals surface area contributed by atoms with E-state index in [4.69, 9.17) is 11.1 Å². The normalized spacial score (nSPS) is 13.6. The van der Waals surface area contributed by atoms with Gasteiger partial charge in [0.25, 0.3) is 0 Å². The Morgan fingerprint density at radius 2 is 0.944 bits per heavy atom. The molecule has 0 radical (unpaired) electrons. The van der Waals surface area contributed by atoms with Crippen molar-refractivity contribution >= 4 is 43.7 Å². The van der Waals surface area contributed by atoms with E-state index in [-0.39, 0.29) is 0 Å². The number of fused-ring (bicyclic) bond motifs is 17. The molecule has 1 spiro atoms. The van der Waals surface area contributed by atoms with Crippen molar-refractivity contribution in [3.63, 3.8) is 0 Å². The Morgan fingerprint density at radius 1 is 0.426 bits per heavy atom. The molecule has 2 aliphatic rings. The maximum absolute atomic E-state index is 8.75. The summed E-state index contributed by atoms with van der Waals surface area (Å²) in [6.07, 6.45) is 1.77. The molecule has 2 heteroatoms. The van der Waals surface area contributed by atoms with Crippen molar-refractivity contribution in [3.05, 3.63) is 221 Å². The smallest absolute Gasteiger partial charge is 0.0732 e. The molecule has 0 aromatic heterocycles. The van der Waals surface area contributed by atoms with E-state index < -0.39 is 5.41 Å². The molecule has 0 amide bonds. The average molecular weight is 687 g/mol. The first-order chi connectivity index (χ1) is 26.6. The molecule has 0 unspecified atom stereocenters. The van der Waals surface area contributed by atoms with E-state index in [1.54, 1.807) is 6.08 Å². The van der Waals surface area contributed by atoms with Crippen molar-refractivity contribution < 1.29 is 0 Å². The number of nitrogens with two attached hydrogens (primary N) is 1. The summed E-state index contributed by atoms with van der Waals surface area (Å²) in [7, 11) is 0. The molecule has 2 nitrogen and oxygen atoms in total. The maximum atomic E-state index is 8.75. The van der Waals surface area contributed by atoms with Crippen LogP contribution in [0.5, 0.6) is 0 Å². The molecule has 9 aromatic rings. The van der Waals surface area contributed by atoms with Gasteiger partial charge in [-0.05, 0) is 117 Å². The lowest BCUT2D eigenvalue weighted by Gasteiger charge is -2.32. The zero-order valence-corrected chi connectivity index (χ0v) is 29.5. The van der Waals surface area contributed by atoms with Gasteiger partial charge < -0.3 is 11.1 Å². The second kappa shape index (κ2) is 11.5. The highest BCUT2D eigenvalue weighted by Gasteiger charge is 2.53. The summed E-state index contributed by atoms with van der Waals surface area (Å²) in [6, 6.07) is 65.8. The van der Waals surface area contributed by atoms with Gasteiger partial charge in [0.2, 0.25) is 0 Å². The summed E-state index contributed by atoms with van der Waals surface area (Å²) in [6.45, 7) is 0. The van der Waals surface area contributed by atoms with Crippen LogP contribution in [-0.2, 0) is 5.41 Å². The van der Waals surface area contributed by atoms with Crippen molar-refractivity contribution in [2.24, 2.45) is 5.73 Å². The first-order valence-electron chi connectivity index (χ1n) is 18.6. The fourth-order valence-corrected chi connectivity index (χ4v) is 9.71. The van der Waals surface area contributed by atoms with Gasteiger partial charge >= 0.3 is 0 Å². The molecule has 3 N–H and O–H groups in total. The van der Waals surface area contributed by atoms with Gasteiger partial charge in [0.05, 0.1) is 11.1 Å². The Bertz CT molecular complexity index is 3030. The Labute approximate surface area is 314 Å². The highest BCUT2D eigenvalue weighted by molar-refractivity contribution is 6.24. The van der Waals surface area contributed by atoms with Crippen LogP contribution in [-0.4, -0.2) is 5.71 Å². The number of allylic oxidation sites excluding steroid dienone is 1. The van der Waals surface area contributed by atoms with Gasteiger partial charge in [0, 0.05) is 5.70 Å². The van der Waals surface area contributed by atoms with E-state index in [2.05, 4.69) is 146 Å². The molecular formula is C52H34N2. The van der Waals surface area contributed by atoms with Crippen LogP contribution in [0.15, 0.2) is 188 Å². The van der Waals surface area contributed by atoms with Crippen LogP contribution < -0.4 is 5.73 Å². The van der Waals surface area contributed by atoms with Gasteiger partial charge in [-0.25, -0.2) is 0 Å². The third-order valence-electron chi connectivity index (χ3n) is 11.9. The zero-order chi connectivity index (χ0) is 36.0. The van der Waals surface area contributed by atoms with Crippen molar-refractivity contribution in [1.82, 2.24) is 0 Å². The quantitative estimate of drug-likeness (QED) is 0.140. The molecule has 0 atom stereocenters. The van der Waals surface area contributed by atoms with Gasteiger partial charge in [0.15, 0.2) is 0 Å². The molecule has 2 aliphatic carbocycles. The van der Waals surface area contributed by atoms with Gasteiger partial charge in [-0.1, -0.05) is 170 Å². The average Bonchev–Trinajstić information content (AvgIpc) is 3.72. The summed E-state index contributed by atoms with van der Waals surface area (Å²) >= 11 is 0. The summed E-state index contributed by atoms with van der Waals surface area (Å²) in [5.74, 6) is 0. The number of hydrogen-bond donors (Lipinski definition) is 2. The standard InChI is InChI=1S/C52H34N2/c53-47(32-15-2-1-3-16-32)31-48(54)34-18-14-17-33(29-34)43-30-46-49(40-24-7-5-21-37(40)43)50-41-25-8-4-19-35(41)36-20-6-9-26-42(36)51(50)52(46)44-27-12-10-22-38(44)39-23-11-13-28-45(39)52/h1-31,53H,54H2/b48-31-,53-47?. The highest BCUT2D eigenvalue weighted by Crippen LogP contribution is 2.66. The molecule has 0 bridgehead atoms. The molecule has 0 heterocycles. The molecule has 9 aromatic carbocycles. The number of rotatable bonds is 4. The lowest BCUT2D eigenvalue weighted by Crippen LogP contribution is -2.26. The fourth-order valence-electron chi connectivity index (χ4n) is 9.71. The fraction of sp³-hybridized carbons (Fsp3) is 0.0192. The van der Waals surface area contributed by atoms with Crippen LogP contribution in [0.25, 0.3) is 71.4 Å². The summed E-state index contributed by atoms with van der Waals surface area (Å²) in [4.78, 5) is 0. The van der Waals surface area contributed by atoms with Crippen LogP contribution in [0.2, 0.25) is 0 Å². The molecule has 54 heavy (non-hydrogen) atoms. The van der Waals surface area contributed by atoms with E-state index in [0.29, 0.717) is 11.4 Å². The van der Waals surface area contributed by atoms with Crippen LogP contribution in [0.1, 0.15) is 33.4 Å². The molecule has 0 saturated heterocycles. The first kappa shape index (κ1) is 30.6. The predicted octanol–water partition coefficient (Wildman–Crippen LogP) is 12.5. The van der Waals surface area contributed by atoms with Gasteiger partial charge in [-0.3, -0.25) is 0 Å². The van der Waals surface area contributed by atoms with Crippen molar-refractivity contribution in [2.45, 2.75) is 5.41 Å². The van der Waals surface area contributed by atoms with E-state index in [1.165, 1.54) is 82.4 Å². The van der Waals surface area contributed by atoms with Crippen molar-refractivity contribution in [1.29, 1.82) is 5.41 Å².